The van der Waals surface area contributed by atoms with Crippen molar-refractivity contribution in [1.82, 2.24) is 24.9 Å². The van der Waals surface area contributed by atoms with Crippen LogP contribution >= 0.6 is 0 Å². The molecule has 0 radical (unpaired) electrons. The maximum absolute atomic E-state index is 12.2. The zero-order valence-corrected chi connectivity index (χ0v) is 15.6. The maximum Gasteiger partial charge on any atom is 0.244 e. The van der Waals surface area contributed by atoms with Gasteiger partial charge in [0.2, 0.25) is 17.6 Å². The van der Waals surface area contributed by atoms with Crippen LogP contribution in [0.3, 0.4) is 0 Å². The van der Waals surface area contributed by atoms with E-state index in [1.807, 2.05) is 17.0 Å². The fraction of sp³-hybridized carbons (Fsp3) is 0.579. The predicted molar refractivity (Wildman–Crippen MR) is 96.0 cm³/mol. The van der Waals surface area contributed by atoms with Gasteiger partial charge in [0.05, 0.1) is 6.04 Å². The molecule has 0 bridgehead atoms. The van der Waals surface area contributed by atoms with Gasteiger partial charge in [-0.05, 0) is 31.5 Å². The van der Waals surface area contributed by atoms with E-state index in [1.165, 1.54) is 0 Å². The lowest BCUT2D eigenvalue weighted by Crippen LogP contribution is -2.59. The van der Waals surface area contributed by atoms with Crippen molar-refractivity contribution in [3.8, 4) is 11.4 Å². The largest absolute Gasteiger partial charge is 0.341 e. The van der Waals surface area contributed by atoms with E-state index in [2.05, 4.69) is 40.9 Å². The summed E-state index contributed by atoms with van der Waals surface area (Å²) in [6.45, 7) is 6.80. The molecule has 1 unspecified atom stereocenters. The number of amides is 1. The molecule has 1 amide bonds. The first-order valence-electron chi connectivity index (χ1n) is 9.18. The molecule has 2 saturated heterocycles. The van der Waals surface area contributed by atoms with Crippen LogP contribution in [-0.4, -0.2) is 57.5 Å². The lowest BCUT2D eigenvalue weighted by atomic mass is 9.77. The van der Waals surface area contributed by atoms with Crippen LogP contribution in [0.1, 0.15) is 38.6 Å². The van der Waals surface area contributed by atoms with Crippen molar-refractivity contribution in [3.05, 3.63) is 30.4 Å². The molecule has 2 aliphatic heterocycles. The molecule has 0 aromatic carbocycles. The third kappa shape index (κ3) is 3.11. The molecular weight excluding hydrogens is 330 g/mol. The van der Waals surface area contributed by atoms with Crippen LogP contribution in [0.25, 0.3) is 11.4 Å². The van der Waals surface area contributed by atoms with Gasteiger partial charge in [-0.1, -0.05) is 19.0 Å². The summed E-state index contributed by atoms with van der Waals surface area (Å²) in [5, 5.41) is 4.13. The molecule has 0 aliphatic carbocycles. The first-order chi connectivity index (χ1) is 12.5. The van der Waals surface area contributed by atoms with Crippen molar-refractivity contribution in [2.24, 2.45) is 11.3 Å². The average molecular weight is 355 g/mol. The topological polar surface area (TPSA) is 75.4 Å². The van der Waals surface area contributed by atoms with Gasteiger partial charge in [0, 0.05) is 49.4 Å². The van der Waals surface area contributed by atoms with Gasteiger partial charge < -0.3 is 9.42 Å². The van der Waals surface area contributed by atoms with Crippen LogP contribution in [0, 0.1) is 11.3 Å². The van der Waals surface area contributed by atoms with Crippen LogP contribution in [0.15, 0.2) is 29.0 Å². The van der Waals surface area contributed by atoms with Crippen molar-refractivity contribution in [2.75, 3.05) is 26.7 Å². The van der Waals surface area contributed by atoms with Crippen LogP contribution in [0.5, 0.6) is 0 Å². The summed E-state index contributed by atoms with van der Waals surface area (Å²) in [5.74, 6) is 1.93. The molecule has 26 heavy (non-hydrogen) atoms. The fourth-order valence-corrected chi connectivity index (χ4v) is 4.18. The summed E-state index contributed by atoms with van der Waals surface area (Å²) in [6, 6.07) is 3.86. The molecule has 2 fully saturated rings. The third-order valence-corrected chi connectivity index (χ3v) is 5.40. The van der Waals surface area contributed by atoms with Gasteiger partial charge in [-0.3, -0.25) is 14.7 Å². The minimum atomic E-state index is 0.112. The minimum Gasteiger partial charge on any atom is -0.341 e. The van der Waals surface area contributed by atoms with Crippen molar-refractivity contribution in [2.45, 2.75) is 32.7 Å². The van der Waals surface area contributed by atoms with E-state index < -0.39 is 0 Å². The summed E-state index contributed by atoms with van der Waals surface area (Å²) in [5.41, 5.74) is 1.07. The van der Waals surface area contributed by atoms with Crippen LogP contribution in [-0.2, 0) is 4.79 Å². The molecule has 7 nitrogen and oxygen atoms in total. The predicted octanol–water partition coefficient (Wildman–Crippen LogP) is 2.38. The third-order valence-electron chi connectivity index (χ3n) is 5.40. The first-order valence-corrected chi connectivity index (χ1v) is 9.18. The van der Waals surface area contributed by atoms with Crippen molar-refractivity contribution < 1.29 is 9.32 Å². The summed E-state index contributed by atoms with van der Waals surface area (Å²) in [7, 11) is 2.09. The number of hydrogen-bond acceptors (Lipinski definition) is 6. The number of nitrogens with zero attached hydrogens (tertiary/aromatic N) is 5. The molecule has 0 N–H and O–H groups in total. The van der Waals surface area contributed by atoms with Gasteiger partial charge in [-0.25, -0.2) is 0 Å². The van der Waals surface area contributed by atoms with E-state index in [1.54, 1.807) is 12.4 Å². The Hall–Kier alpha value is -2.28. The maximum atomic E-state index is 12.2. The standard InChI is InChI=1S/C19H25N5O2/c1-13(2)8-16(25)24-11-19(12-24)9-15(23(3)10-19)18-21-17(22-26-18)14-4-6-20-7-5-14/h4-7,13,15H,8-12H2,1-3H3. The summed E-state index contributed by atoms with van der Waals surface area (Å²) >= 11 is 0. The summed E-state index contributed by atoms with van der Waals surface area (Å²) < 4.78 is 5.56. The molecule has 1 atom stereocenters. The highest BCUT2D eigenvalue weighted by atomic mass is 16.5. The molecule has 1 spiro atoms. The van der Waals surface area contributed by atoms with E-state index >= 15 is 0 Å². The molecular formula is C19H25N5O2. The minimum absolute atomic E-state index is 0.112. The molecule has 138 valence electrons. The smallest absolute Gasteiger partial charge is 0.244 e. The number of pyridine rings is 1. The number of carbonyl (C=O) groups excluding carboxylic acids is 1. The Bertz CT molecular complexity index is 782. The Morgan fingerprint density at radius 2 is 2.04 bits per heavy atom. The van der Waals surface area contributed by atoms with Crippen LogP contribution in [0.2, 0.25) is 0 Å². The van der Waals surface area contributed by atoms with E-state index in [-0.39, 0.29) is 17.4 Å². The van der Waals surface area contributed by atoms with Crippen LogP contribution in [0.4, 0.5) is 0 Å². The van der Waals surface area contributed by atoms with Crippen LogP contribution < -0.4 is 0 Å². The monoisotopic (exact) mass is 355 g/mol. The normalized spacial score (nSPS) is 22.2. The second-order valence-corrected chi connectivity index (χ2v) is 8.17. The average Bonchev–Trinajstić information content (AvgIpc) is 3.18. The van der Waals surface area contributed by atoms with Crippen molar-refractivity contribution in [1.29, 1.82) is 0 Å². The fourth-order valence-electron chi connectivity index (χ4n) is 4.18. The second-order valence-electron chi connectivity index (χ2n) is 8.17. The van der Waals surface area contributed by atoms with E-state index in [9.17, 15) is 4.79 Å². The Labute approximate surface area is 153 Å². The van der Waals surface area contributed by atoms with E-state index in [0.29, 0.717) is 24.1 Å². The molecule has 7 heteroatoms. The van der Waals surface area contributed by atoms with E-state index in [0.717, 1.165) is 31.6 Å². The highest BCUT2D eigenvalue weighted by Gasteiger charge is 2.53. The highest BCUT2D eigenvalue weighted by molar-refractivity contribution is 5.77. The number of hydrogen-bond donors (Lipinski definition) is 0. The number of aromatic nitrogens is 3. The lowest BCUT2D eigenvalue weighted by Gasteiger charge is -2.48. The zero-order chi connectivity index (χ0) is 18.3. The molecule has 4 heterocycles. The van der Waals surface area contributed by atoms with Gasteiger partial charge in [-0.15, -0.1) is 0 Å². The van der Waals surface area contributed by atoms with Gasteiger partial charge in [0.1, 0.15) is 0 Å². The highest BCUT2D eigenvalue weighted by Crippen LogP contribution is 2.47. The number of carbonyl (C=O) groups is 1. The molecule has 0 saturated carbocycles. The Kier molecular flexibility index (Phi) is 4.26. The summed E-state index contributed by atoms with van der Waals surface area (Å²) in [6.07, 6.45) is 5.03. The zero-order valence-electron chi connectivity index (χ0n) is 15.6. The van der Waals surface area contributed by atoms with Gasteiger partial charge >= 0.3 is 0 Å². The molecule has 2 aliphatic rings. The lowest BCUT2D eigenvalue weighted by molar-refractivity contribution is -0.143. The molecule has 4 rings (SSSR count). The number of likely N-dealkylation sites (tertiary alicyclic amines) is 2. The quantitative estimate of drug-likeness (QED) is 0.838. The molecule has 2 aromatic heterocycles. The summed E-state index contributed by atoms with van der Waals surface area (Å²) in [4.78, 5) is 25.1. The first kappa shape index (κ1) is 17.1. The van der Waals surface area contributed by atoms with Gasteiger partial charge in [0.15, 0.2) is 0 Å². The van der Waals surface area contributed by atoms with Crippen molar-refractivity contribution >= 4 is 5.91 Å². The second kappa shape index (κ2) is 6.46. The SMILES string of the molecule is CC(C)CC(=O)N1CC2(CC(c3nc(-c4ccncc4)no3)N(C)C2)C1. The van der Waals surface area contributed by atoms with Crippen molar-refractivity contribution in [3.63, 3.8) is 0 Å². The Morgan fingerprint density at radius 3 is 2.73 bits per heavy atom. The Balaban J connectivity index is 1.43. The molecule has 2 aromatic rings. The number of rotatable bonds is 4. The van der Waals surface area contributed by atoms with Gasteiger partial charge in [0.25, 0.3) is 0 Å². The van der Waals surface area contributed by atoms with E-state index in [4.69, 9.17) is 4.52 Å². The Morgan fingerprint density at radius 1 is 1.31 bits per heavy atom. The van der Waals surface area contributed by atoms with Gasteiger partial charge in [-0.2, -0.15) is 4.98 Å².